The Balaban J connectivity index is 1.53. The first-order valence-electron chi connectivity index (χ1n) is 11.3. The van der Waals surface area contributed by atoms with Crippen LogP contribution in [0.25, 0.3) is 11.0 Å². The predicted molar refractivity (Wildman–Crippen MR) is 136 cm³/mol. The van der Waals surface area contributed by atoms with Crippen LogP contribution >= 0.6 is 0 Å². The van der Waals surface area contributed by atoms with Crippen LogP contribution in [0.15, 0.2) is 86.9 Å². The zero-order valence-corrected chi connectivity index (χ0v) is 19.5. The lowest BCUT2D eigenvalue weighted by Crippen LogP contribution is -2.43. The number of nitrogen functional groups attached to an aromatic ring is 1. The molecule has 0 spiro atoms. The molecule has 0 aliphatic rings. The molecule has 5 rings (SSSR count). The number of hydrogen-bond acceptors (Lipinski definition) is 8. The molecule has 10 nitrogen and oxygen atoms in total. The number of nitrogens with one attached hydrogen (secondary N) is 1. The summed E-state index contributed by atoms with van der Waals surface area (Å²) in [5.41, 5.74) is 6.97. The van der Waals surface area contributed by atoms with Crippen molar-refractivity contribution >= 4 is 22.7 Å². The van der Waals surface area contributed by atoms with Gasteiger partial charge in [-0.2, -0.15) is 4.98 Å². The van der Waals surface area contributed by atoms with Gasteiger partial charge in [-0.15, -0.1) is 0 Å². The van der Waals surface area contributed by atoms with Crippen molar-refractivity contribution in [3.63, 3.8) is 0 Å². The van der Waals surface area contributed by atoms with Gasteiger partial charge in [0.1, 0.15) is 22.9 Å². The highest BCUT2D eigenvalue weighted by Gasteiger charge is 2.16. The number of rotatable bonds is 8. The molecule has 0 fully saturated rings. The second kappa shape index (κ2) is 9.79. The van der Waals surface area contributed by atoms with Gasteiger partial charge in [-0.25, -0.2) is 19.1 Å². The van der Waals surface area contributed by atoms with Gasteiger partial charge in [0.05, 0.1) is 20.2 Å². The quantitative estimate of drug-likeness (QED) is 0.344. The van der Waals surface area contributed by atoms with E-state index in [1.54, 1.807) is 19.4 Å². The smallest absolute Gasteiger partial charge is 0.355 e. The van der Waals surface area contributed by atoms with Crippen molar-refractivity contribution in [3.05, 3.63) is 111 Å². The van der Waals surface area contributed by atoms with E-state index in [0.29, 0.717) is 28.5 Å². The van der Waals surface area contributed by atoms with Gasteiger partial charge >= 0.3 is 11.4 Å². The fourth-order valence-electron chi connectivity index (χ4n) is 3.90. The number of methoxy groups -OCH3 is 1. The molecule has 0 unspecified atom stereocenters. The van der Waals surface area contributed by atoms with Crippen LogP contribution in [-0.4, -0.2) is 26.2 Å². The third kappa shape index (κ3) is 4.69. The van der Waals surface area contributed by atoms with E-state index in [1.165, 1.54) is 4.57 Å². The maximum atomic E-state index is 13.6. The number of aromatic nitrogens is 4. The second-order valence-electron chi connectivity index (χ2n) is 8.17. The van der Waals surface area contributed by atoms with E-state index in [4.69, 9.17) is 14.9 Å². The van der Waals surface area contributed by atoms with E-state index in [9.17, 15) is 9.59 Å². The van der Waals surface area contributed by atoms with Crippen molar-refractivity contribution in [2.45, 2.75) is 19.6 Å². The number of nitrogens with two attached hydrogens (primary N) is 1. The molecule has 5 aromatic rings. The van der Waals surface area contributed by atoms with Gasteiger partial charge in [-0.05, 0) is 35.9 Å². The number of ether oxygens (including phenoxy) is 1. The Labute approximate surface area is 205 Å². The number of anilines is 2. The fourth-order valence-corrected chi connectivity index (χ4v) is 3.90. The number of pyridine rings is 1. The lowest BCUT2D eigenvalue weighted by molar-refractivity contribution is 0.414. The molecule has 3 N–H and O–H groups in total. The third-order valence-electron chi connectivity index (χ3n) is 5.80. The lowest BCUT2D eigenvalue weighted by atomic mass is 10.2. The molecule has 182 valence electrons. The van der Waals surface area contributed by atoms with Crippen LogP contribution < -0.4 is 27.2 Å². The average Bonchev–Trinajstić information content (AvgIpc) is 3.31. The molecule has 3 heterocycles. The maximum absolute atomic E-state index is 13.6. The van der Waals surface area contributed by atoms with Crippen LogP contribution in [-0.2, 0) is 19.6 Å². The lowest BCUT2D eigenvalue weighted by Gasteiger charge is -2.16. The Hall–Kier alpha value is -4.86. The molecule has 10 heteroatoms. The summed E-state index contributed by atoms with van der Waals surface area (Å²) in [6.07, 6.45) is 1.59. The molecule has 0 radical (unpaired) electrons. The molecule has 3 aromatic heterocycles. The van der Waals surface area contributed by atoms with Crippen LogP contribution in [0.2, 0.25) is 0 Å². The van der Waals surface area contributed by atoms with Gasteiger partial charge < -0.3 is 20.2 Å². The summed E-state index contributed by atoms with van der Waals surface area (Å²) in [7, 11) is 1.59. The first-order chi connectivity index (χ1) is 17.5. The van der Waals surface area contributed by atoms with E-state index in [-0.39, 0.29) is 25.6 Å². The number of nitrogens with zero attached hydrogens (tertiary/aromatic N) is 4. The van der Waals surface area contributed by atoms with Crippen molar-refractivity contribution in [3.8, 4) is 5.75 Å². The highest BCUT2D eigenvalue weighted by Crippen LogP contribution is 2.19. The summed E-state index contributed by atoms with van der Waals surface area (Å²) in [5, 5.41) is 3.97. The van der Waals surface area contributed by atoms with Crippen LogP contribution in [0.4, 0.5) is 11.8 Å². The minimum absolute atomic E-state index is 0.0439. The topological polar surface area (TPSA) is 130 Å². The van der Waals surface area contributed by atoms with Gasteiger partial charge in [0.2, 0.25) is 5.95 Å². The molecule has 36 heavy (non-hydrogen) atoms. The van der Waals surface area contributed by atoms with Crippen LogP contribution in [0, 0.1) is 0 Å². The van der Waals surface area contributed by atoms with Crippen molar-refractivity contribution in [2.24, 2.45) is 0 Å². The predicted octanol–water partition coefficient (Wildman–Crippen LogP) is 2.85. The molecule has 0 atom stereocenters. The summed E-state index contributed by atoms with van der Waals surface area (Å²) < 4.78 is 13.5. The van der Waals surface area contributed by atoms with Gasteiger partial charge in [-0.3, -0.25) is 4.57 Å². The Morgan fingerprint density at radius 2 is 1.81 bits per heavy atom. The van der Waals surface area contributed by atoms with E-state index in [2.05, 4.69) is 15.3 Å². The normalized spacial score (nSPS) is 11.0. The van der Waals surface area contributed by atoms with Crippen molar-refractivity contribution in [1.29, 1.82) is 0 Å². The second-order valence-corrected chi connectivity index (χ2v) is 8.17. The van der Waals surface area contributed by atoms with Crippen LogP contribution in [0.5, 0.6) is 5.75 Å². The van der Waals surface area contributed by atoms with E-state index < -0.39 is 11.4 Å². The minimum Gasteiger partial charge on any atom is -0.497 e. The number of para-hydroxylation sites is 1. The van der Waals surface area contributed by atoms with Crippen LogP contribution in [0.3, 0.4) is 0 Å². The molecule has 2 aromatic carbocycles. The minimum atomic E-state index is -0.687. The van der Waals surface area contributed by atoms with Gasteiger partial charge in [0, 0.05) is 23.7 Å². The molecular formula is C26H24N6O4. The molecule has 0 saturated heterocycles. The number of hydrogen-bond donors (Lipinski definition) is 2. The maximum Gasteiger partial charge on any atom is 0.355 e. The molecule has 0 saturated carbocycles. The van der Waals surface area contributed by atoms with Crippen molar-refractivity contribution < 1.29 is 9.15 Å². The average molecular weight is 485 g/mol. The Morgan fingerprint density at radius 1 is 1.00 bits per heavy atom. The zero-order valence-electron chi connectivity index (χ0n) is 19.5. The summed E-state index contributed by atoms with van der Waals surface area (Å²) in [5.74, 6) is 1.67. The molecule has 0 bridgehead atoms. The van der Waals surface area contributed by atoms with E-state index in [0.717, 1.165) is 15.5 Å². The first-order valence-corrected chi connectivity index (χ1v) is 11.3. The summed E-state index contributed by atoms with van der Waals surface area (Å²) in [6, 6.07) is 20.2. The van der Waals surface area contributed by atoms with Gasteiger partial charge in [-0.1, -0.05) is 36.4 Å². The zero-order chi connectivity index (χ0) is 25.1. The molecule has 0 aliphatic carbocycles. The van der Waals surface area contributed by atoms with Gasteiger partial charge in [0.25, 0.3) is 0 Å². The molecular weight excluding hydrogens is 460 g/mol. The summed E-state index contributed by atoms with van der Waals surface area (Å²) >= 11 is 0. The Bertz CT molecular complexity index is 1600. The highest BCUT2D eigenvalue weighted by molar-refractivity contribution is 5.77. The number of furan rings is 1. The fraction of sp³-hybridized carbons (Fsp3) is 0.154. The van der Waals surface area contributed by atoms with Gasteiger partial charge in [0.15, 0.2) is 0 Å². The molecule has 0 aliphatic heterocycles. The Kier molecular flexibility index (Phi) is 6.23. The standard InChI is InChI=1S/C26H24N6O4/c1-35-20-10-8-17(9-11-20)15-31-24(29-14-19-6-4-12-28-23(19)27)30-25(33)32(26(31)34)16-21-13-18-5-2-3-7-22(18)36-21/h2-13H,14-16H2,1H3,(H2,27,28)(H,29,30,33). The van der Waals surface area contributed by atoms with E-state index in [1.807, 2.05) is 60.7 Å². The monoisotopic (exact) mass is 484 g/mol. The SMILES string of the molecule is COc1ccc(Cn2c(NCc3cccnc3N)nc(=O)n(Cc3cc4ccccc4o3)c2=O)cc1. The molecule has 0 amide bonds. The highest BCUT2D eigenvalue weighted by atomic mass is 16.5. The van der Waals surface area contributed by atoms with E-state index >= 15 is 0 Å². The van der Waals surface area contributed by atoms with Crippen molar-refractivity contribution in [2.75, 3.05) is 18.2 Å². The first kappa shape index (κ1) is 22.9. The Morgan fingerprint density at radius 3 is 2.56 bits per heavy atom. The summed E-state index contributed by atoms with van der Waals surface area (Å²) in [4.78, 5) is 34.8. The number of benzene rings is 2. The third-order valence-corrected chi connectivity index (χ3v) is 5.80. The largest absolute Gasteiger partial charge is 0.497 e. The number of fused-ring (bicyclic) bond motifs is 1. The summed E-state index contributed by atoms with van der Waals surface area (Å²) in [6.45, 7) is 0.376. The van der Waals surface area contributed by atoms with Crippen molar-refractivity contribution in [1.82, 2.24) is 19.1 Å². The van der Waals surface area contributed by atoms with Crippen LogP contribution in [0.1, 0.15) is 16.9 Å².